The van der Waals surface area contributed by atoms with Gasteiger partial charge >= 0.3 is 5.97 Å². The second-order valence-corrected chi connectivity index (χ2v) is 4.58. The predicted molar refractivity (Wildman–Crippen MR) is 77.1 cm³/mol. The van der Waals surface area contributed by atoms with E-state index in [-0.39, 0.29) is 5.56 Å². The fourth-order valence-electron chi connectivity index (χ4n) is 2.22. The van der Waals surface area contributed by atoms with Crippen molar-refractivity contribution in [3.63, 3.8) is 0 Å². The number of hydrogen-bond donors (Lipinski definition) is 3. The van der Waals surface area contributed by atoms with Gasteiger partial charge in [-0.05, 0) is 54.8 Å². The number of rotatable bonds is 2. The molecule has 0 amide bonds. The van der Waals surface area contributed by atoms with Crippen LogP contribution in [-0.2, 0) is 0 Å². The minimum absolute atomic E-state index is 0.250. The van der Waals surface area contributed by atoms with Gasteiger partial charge in [0.25, 0.3) is 0 Å². The van der Waals surface area contributed by atoms with E-state index in [0.717, 1.165) is 16.7 Å². The molecule has 4 nitrogen and oxygen atoms in total. The van der Waals surface area contributed by atoms with Crippen LogP contribution >= 0.6 is 0 Å². The van der Waals surface area contributed by atoms with E-state index in [1.165, 1.54) is 6.07 Å². The summed E-state index contributed by atoms with van der Waals surface area (Å²) in [6.07, 6.45) is 0. The highest BCUT2D eigenvalue weighted by Gasteiger charge is 2.17. The van der Waals surface area contributed by atoms with Gasteiger partial charge in [-0.3, -0.25) is 0 Å². The number of nitrogen functional groups attached to an aromatic ring is 2. The van der Waals surface area contributed by atoms with Crippen LogP contribution in [-0.4, -0.2) is 11.1 Å². The molecule has 0 atom stereocenters. The van der Waals surface area contributed by atoms with Crippen LogP contribution in [0.1, 0.15) is 21.5 Å². The van der Waals surface area contributed by atoms with E-state index in [9.17, 15) is 9.90 Å². The Labute approximate surface area is 111 Å². The number of aryl methyl sites for hydroxylation is 1. The average Bonchev–Trinajstić information content (AvgIpc) is 2.33. The summed E-state index contributed by atoms with van der Waals surface area (Å²) in [5, 5.41) is 9.32. The van der Waals surface area contributed by atoms with Crippen molar-refractivity contribution < 1.29 is 9.90 Å². The molecule has 0 aliphatic rings. The first kappa shape index (κ1) is 13.0. The van der Waals surface area contributed by atoms with Crippen molar-refractivity contribution in [1.82, 2.24) is 0 Å². The van der Waals surface area contributed by atoms with Crippen LogP contribution in [0.25, 0.3) is 11.1 Å². The molecule has 0 spiro atoms. The number of nitrogens with two attached hydrogens (primary N) is 2. The molecule has 0 heterocycles. The molecule has 98 valence electrons. The van der Waals surface area contributed by atoms with Crippen molar-refractivity contribution >= 4 is 17.3 Å². The maximum Gasteiger partial charge on any atom is 0.336 e. The number of benzene rings is 2. The Morgan fingerprint density at radius 1 is 1.11 bits per heavy atom. The Kier molecular flexibility index (Phi) is 3.17. The summed E-state index contributed by atoms with van der Waals surface area (Å²) in [6, 6.07) is 8.57. The molecule has 19 heavy (non-hydrogen) atoms. The summed E-state index contributed by atoms with van der Waals surface area (Å²) >= 11 is 0. The van der Waals surface area contributed by atoms with Crippen LogP contribution in [0, 0.1) is 13.8 Å². The molecule has 0 aliphatic carbocycles. The second kappa shape index (κ2) is 4.65. The molecule has 0 aliphatic heterocycles. The molecule has 0 unspecified atom stereocenters. The van der Waals surface area contributed by atoms with E-state index in [1.807, 2.05) is 26.0 Å². The molecule has 5 N–H and O–H groups in total. The maximum absolute atomic E-state index is 11.4. The zero-order valence-electron chi connectivity index (χ0n) is 10.9. The van der Waals surface area contributed by atoms with Gasteiger partial charge in [0, 0.05) is 16.9 Å². The molecule has 2 aromatic rings. The van der Waals surface area contributed by atoms with E-state index < -0.39 is 5.97 Å². The Balaban J connectivity index is 2.80. The Morgan fingerprint density at radius 3 is 2.37 bits per heavy atom. The van der Waals surface area contributed by atoms with Crippen LogP contribution in [0.3, 0.4) is 0 Å². The Morgan fingerprint density at radius 2 is 1.79 bits per heavy atom. The lowest BCUT2D eigenvalue weighted by Crippen LogP contribution is -2.04. The van der Waals surface area contributed by atoms with E-state index in [4.69, 9.17) is 11.5 Å². The van der Waals surface area contributed by atoms with E-state index in [2.05, 4.69) is 0 Å². The molecule has 0 saturated carbocycles. The maximum atomic E-state index is 11.4. The first-order chi connectivity index (χ1) is 8.91. The molecule has 0 aromatic heterocycles. The van der Waals surface area contributed by atoms with Crippen molar-refractivity contribution in [3.8, 4) is 11.1 Å². The Hall–Kier alpha value is -2.49. The summed E-state index contributed by atoms with van der Waals surface area (Å²) in [5.74, 6) is -0.964. The van der Waals surface area contributed by atoms with E-state index in [1.54, 1.807) is 12.1 Å². The topological polar surface area (TPSA) is 89.3 Å². The van der Waals surface area contributed by atoms with Gasteiger partial charge in [0.05, 0.1) is 5.56 Å². The zero-order valence-corrected chi connectivity index (χ0v) is 10.9. The smallest absolute Gasteiger partial charge is 0.336 e. The molecule has 0 fully saturated rings. The lowest BCUT2D eigenvalue weighted by molar-refractivity contribution is 0.0697. The van der Waals surface area contributed by atoms with E-state index in [0.29, 0.717) is 16.9 Å². The van der Waals surface area contributed by atoms with Crippen molar-refractivity contribution in [3.05, 3.63) is 47.0 Å². The average molecular weight is 256 g/mol. The number of hydrogen-bond acceptors (Lipinski definition) is 3. The summed E-state index contributed by atoms with van der Waals surface area (Å²) in [5.41, 5.74) is 16.3. The van der Waals surface area contributed by atoms with Gasteiger partial charge < -0.3 is 16.6 Å². The van der Waals surface area contributed by atoms with Crippen LogP contribution in [0.4, 0.5) is 11.4 Å². The Bertz CT molecular complexity index is 663. The van der Waals surface area contributed by atoms with Gasteiger partial charge in [-0.15, -0.1) is 0 Å². The third-order valence-electron chi connectivity index (χ3n) is 3.26. The highest BCUT2D eigenvalue weighted by Crippen LogP contribution is 2.33. The molecule has 0 saturated heterocycles. The van der Waals surface area contributed by atoms with Crippen LogP contribution in [0.15, 0.2) is 30.3 Å². The predicted octanol–water partition coefficient (Wildman–Crippen LogP) is 2.83. The SMILES string of the molecule is Cc1cc(N)ccc1-c1c(C(=O)O)ccc(N)c1C. The monoisotopic (exact) mass is 256 g/mol. The van der Waals surface area contributed by atoms with E-state index >= 15 is 0 Å². The van der Waals surface area contributed by atoms with Gasteiger partial charge in [0.15, 0.2) is 0 Å². The third-order valence-corrected chi connectivity index (χ3v) is 3.26. The molecule has 2 rings (SSSR count). The minimum Gasteiger partial charge on any atom is -0.478 e. The molecular weight excluding hydrogens is 240 g/mol. The zero-order chi connectivity index (χ0) is 14.2. The summed E-state index contributed by atoms with van der Waals surface area (Å²) in [6.45, 7) is 3.73. The van der Waals surface area contributed by atoms with Crippen LogP contribution in [0.2, 0.25) is 0 Å². The third kappa shape index (κ3) is 2.25. The lowest BCUT2D eigenvalue weighted by Gasteiger charge is -2.15. The van der Waals surface area contributed by atoms with Gasteiger partial charge in [-0.1, -0.05) is 6.07 Å². The van der Waals surface area contributed by atoms with Crippen molar-refractivity contribution in [2.45, 2.75) is 13.8 Å². The molecule has 0 radical (unpaired) electrons. The fourth-order valence-corrected chi connectivity index (χ4v) is 2.22. The van der Waals surface area contributed by atoms with Crippen LogP contribution in [0.5, 0.6) is 0 Å². The highest BCUT2D eigenvalue weighted by atomic mass is 16.4. The van der Waals surface area contributed by atoms with Crippen molar-refractivity contribution in [2.24, 2.45) is 0 Å². The molecular formula is C15H16N2O2. The molecule has 4 heteroatoms. The lowest BCUT2D eigenvalue weighted by atomic mass is 9.91. The summed E-state index contributed by atoms with van der Waals surface area (Å²) in [7, 11) is 0. The largest absolute Gasteiger partial charge is 0.478 e. The minimum atomic E-state index is -0.964. The second-order valence-electron chi connectivity index (χ2n) is 4.58. The van der Waals surface area contributed by atoms with Gasteiger partial charge in [0.1, 0.15) is 0 Å². The first-order valence-corrected chi connectivity index (χ1v) is 5.90. The first-order valence-electron chi connectivity index (χ1n) is 5.90. The molecule has 0 bridgehead atoms. The fraction of sp³-hybridized carbons (Fsp3) is 0.133. The normalized spacial score (nSPS) is 10.4. The van der Waals surface area contributed by atoms with Crippen molar-refractivity contribution in [1.29, 1.82) is 0 Å². The van der Waals surface area contributed by atoms with Crippen LogP contribution < -0.4 is 11.5 Å². The quantitative estimate of drug-likeness (QED) is 0.721. The van der Waals surface area contributed by atoms with Crippen molar-refractivity contribution in [2.75, 3.05) is 11.5 Å². The number of carboxylic acid groups (broad SMARTS) is 1. The number of aromatic carboxylic acids is 1. The van der Waals surface area contributed by atoms with Gasteiger partial charge in [-0.25, -0.2) is 4.79 Å². The summed E-state index contributed by atoms with van der Waals surface area (Å²) < 4.78 is 0. The highest BCUT2D eigenvalue weighted by molar-refractivity contribution is 5.99. The van der Waals surface area contributed by atoms with Gasteiger partial charge in [0.2, 0.25) is 0 Å². The number of carboxylic acids is 1. The summed E-state index contributed by atoms with van der Waals surface area (Å²) in [4.78, 5) is 11.4. The number of anilines is 2. The molecule has 2 aromatic carbocycles. The standard InChI is InChI=1S/C15H16N2O2/c1-8-7-10(16)3-4-11(8)14-9(2)13(17)6-5-12(14)15(18)19/h3-7H,16-17H2,1-2H3,(H,18,19). The number of carbonyl (C=O) groups is 1. The van der Waals surface area contributed by atoms with Gasteiger partial charge in [-0.2, -0.15) is 0 Å².